The minimum atomic E-state index is -1.19. The summed E-state index contributed by atoms with van der Waals surface area (Å²) in [5.41, 5.74) is 2.15. The maximum absolute atomic E-state index is 14.5. The van der Waals surface area contributed by atoms with E-state index in [1.165, 1.54) is 25.5 Å². The van der Waals surface area contributed by atoms with Gasteiger partial charge in [0.2, 0.25) is 5.82 Å². The van der Waals surface area contributed by atoms with Crippen molar-refractivity contribution in [1.82, 2.24) is 24.5 Å². The van der Waals surface area contributed by atoms with Crippen molar-refractivity contribution in [2.75, 3.05) is 5.32 Å². The van der Waals surface area contributed by atoms with Crippen LogP contribution in [0.15, 0.2) is 12.3 Å². The summed E-state index contributed by atoms with van der Waals surface area (Å²) >= 11 is 0. The van der Waals surface area contributed by atoms with Gasteiger partial charge in [0.15, 0.2) is 17.3 Å². The fraction of sp³-hybridized carbons (Fsp3) is 0.607. The van der Waals surface area contributed by atoms with Crippen LogP contribution in [0.5, 0.6) is 0 Å². The van der Waals surface area contributed by atoms with Crippen molar-refractivity contribution >= 4 is 23.0 Å². The first-order chi connectivity index (χ1) is 17.7. The molecule has 2 aliphatic rings. The Bertz CT molecular complexity index is 1290. The lowest BCUT2D eigenvalue weighted by Gasteiger charge is -2.32. The van der Waals surface area contributed by atoms with Gasteiger partial charge in [0, 0.05) is 12.6 Å². The van der Waals surface area contributed by atoms with Gasteiger partial charge in [-0.15, -0.1) is 0 Å². The molecule has 0 bridgehead atoms. The highest BCUT2D eigenvalue weighted by atomic mass is 19.1. The number of carboxylic acids is 1. The molecule has 1 atom stereocenters. The molecule has 9 heteroatoms. The second kappa shape index (κ2) is 10.3. The quantitative estimate of drug-likeness (QED) is 0.369. The summed E-state index contributed by atoms with van der Waals surface area (Å²) < 4.78 is 16.6. The lowest BCUT2D eigenvalue weighted by Crippen LogP contribution is -2.31. The Morgan fingerprint density at radius 3 is 2.49 bits per heavy atom. The van der Waals surface area contributed by atoms with Gasteiger partial charge in [0.1, 0.15) is 17.0 Å². The van der Waals surface area contributed by atoms with Gasteiger partial charge in [-0.1, -0.05) is 40.0 Å². The number of carbonyl (C=O) groups is 1. The molecule has 3 aromatic rings. The fourth-order valence-electron chi connectivity index (χ4n) is 5.67. The van der Waals surface area contributed by atoms with Gasteiger partial charge >= 0.3 is 5.97 Å². The molecule has 0 aromatic carbocycles. The smallest absolute Gasteiger partial charge is 0.374 e. The van der Waals surface area contributed by atoms with Gasteiger partial charge in [0.05, 0.1) is 6.20 Å². The number of fused-ring (bicyclic) bond motifs is 1. The molecule has 198 valence electrons. The van der Waals surface area contributed by atoms with E-state index in [2.05, 4.69) is 38.7 Å². The topological polar surface area (TPSA) is 106 Å². The molecule has 5 rings (SSSR count). The average Bonchev–Trinajstić information content (AvgIpc) is 3.18. The molecular weight excluding hydrogens is 471 g/mol. The number of hydrogen-bond donors (Lipinski definition) is 2. The molecule has 3 aromatic heterocycles. The van der Waals surface area contributed by atoms with E-state index in [1.807, 2.05) is 13.8 Å². The Labute approximate surface area is 217 Å². The minimum absolute atomic E-state index is 0.0154. The van der Waals surface area contributed by atoms with Crippen molar-refractivity contribution < 1.29 is 14.3 Å². The molecule has 2 saturated carbocycles. The molecule has 37 heavy (non-hydrogen) atoms. The minimum Gasteiger partial charge on any atom is -0.475 e. The first kappa shape index (κ1) is 25.5. The summed E-state index contributed by atoms with van der Waals surface area (Å²) in [5, 5.41) is 13.2. The standard InChI is InChI=1S/C28H37FN6O2/c1-15(2)20-12-22(30-13-21(20)29)27-34-25-23(35(27)14-18-10-8-16(3)9-11-18)24(32-26(33-25)28(36)37)31-17(4)19-6-5-7-19/h12-13,15-19H,5-11,14H2,1-4H3,(H,36,37)(H,31,32,33)/t16-,17-,18-/m1/s1. The van der Waals surface area contributed by atoms with Crippen molar-refractivity contribution in [3.8, 4) is 11.5 Å². The zero-order chi connectivity index (χ0) is 26.3. The number of carboxylic acid groups (broad SMARTS) is 1. The van der Waals surface area contributed by atoms with Crippen LogP contribution in [0.2, 0.25) is 0 Å². The van der Waals surface area contributed by atoms with Crippen LogP contribution < -0.4 is 5.32 Å². The number of halogens is 1. The number of pyridine rings is 1. The number of aromatic nitrogens is 5. The van der Waals surface area contributed by atoms with E-state index in [0.717, 1.165) is 31.6 Å². The fourth-order valence-corrected chi connectivity index (χ4v) is 5.67. The summed E-state index contributed by atoms with van der Waals surface area (Å²) in [6, 6.07) is 1.91. The summed E-state index contributed by atoms with van der Waals surface area (Å²) in [6.45, 7) is 9.02. The first-order valence-electron chi connectivity index (χ1n) is 13.6. The van der Waals surface area contributed by atoms with Gasteiger partial charge in [0.25, 0.3) is 0 Å². The predicted octanol–water partition coefficient (Wildman–Crippen LogP) is 6.28. The van der Waals surface area contributed by atoms with Crippen LogP contribution in [0.3, 0.4) is 0 Å². The first-order valence-corrected chi connectivity index (χ1v) is 13.6. The number of imidazole rings is 1. The number of hydrogen-bond acceptors (Lipinski definition) is 6. The number of aromatic carboxylic acids is 1. The molecule has 0 unspecified atom stereocenters. The molecule has 0 spiro atoms. The van der Waals surface area contributed by atoms with Crippen LogP contribution in [-0.4, -0.2) is 41.6 Å². The summed E-state index contributed by atoms with van der Waals surface area (Å²) in [6.07, 6.45) is 9.36. The Hall–Kier alpha value is -3.10. The number of anilines is 1. The van der Waals surface area contributed by atoms with Crippen molar-refractivity contribution in [2.24, 2.45) is 17.8 Å². The van der Waals surface area contributed by atoms with E-state index >= 15 is 0 Å². The third kappa shape index (κ3) is 5.18. The van der Waals surface area contributed by atoms with Crippen molar-refractivity contribution in [2.45, 2.75) is 91.1 Å². The molecule has 0 saturated heterocycles. The van der Waals surface area contributed by atoms with Crippen LogP contribution in [0.1, 0.15) is 94.7 Å². The third-order valence-electron chi connectivity index (χ3n) is 8.33. The van der Waals surface area contributed by atoms with E-state index in [4.69, 9.17) is 4.98 Å². The number of rotatable bonds is 8. The van der Waals surface area contributed by atoms with Crippen LogP contribution in [0, 0.1) is 23.6 Å². The van der Waals surface area contributed by atoms with Crippen LogP contribution >= 0.6 is 0 Å². The maximum Gasteiger partial charge on any atom is 0.374 e. The highest BCUT2D eigenvalue weighted by molar-refractivity contribution is 5.92. The lowest BCUT2D eigenvalue weighted by atomic mass is 9.80. The van der Waals surface area contributed by atoms with Gasteiger partial charge in [-0.3, -0.25) is 0 Å². The molecule has 8 nitrogen and oxygen atoms in total. The Morgan fingerprint density at radius 2 is 1.86 bits per heavy atom. The van der Waals surface area contributed by atoms with Crippen LogP contribution in [0.4, 0.5) is 10.2 Å². The maximum atomic E-state index is 14.5. The third-order valence-corrected chi connectivity index (χ3v) is 8.33. The SMILES string of the molecule is CC(C)c1cc(-c2nc3nc(C(=O)O)nc(N[C@H](C)C4CCC4)c3n2C[C@H]2CC[C@H](C)CC2)ncc1F. The lowest BCUT2D eigenvalue weighted by molar-refractivity contribution is 0.0684. The summed E-state index contributed by atoms with van der Waals surface area (Å²) in [5.74, 6) is 0.946. The Kier molecular flexibility index (Phi) is 7.14. The molecule has 2 fully saturated rings. The number of nitrogens with one attached hydrogen (secondary N) is 1. The number of nitrogens with zero attached hydrogens (tertiary/aromatic N) is 5. The van der Waals surface area contributed by atoms with Gasteiger partial charge in [-0.05, 0) is 67.9 Å². The normalized spacial score (nSPS) is 21.2. The van der Waals surface area contributed by atoms with Crippen LogP contribution in [-0.2, 0) is 6.54 Å². The molecule has 3 heterocycles. The molecule has 0 amide bonds. The van der Waals surface area contributed by atoms with E-state index in [1.54, 1.807) is 6.07 Å². The van der Waals surface area contributed by atoms with Crippen molar-refractivity contribution in [3.63, 3.8) is 0 Å². The van der Waals surface area contributed by atoms with E-state index in [-0.39, 0.29) is 23.6 Å². The highest BCUT2D eigenvalue weighted by Gasteiger charge is 2.29. The predicted molar refractivity (Wildman–Crippen MR) is 141 cm³/mol. The van der Waals surface area contributed by atoms with E-state index < -0.39 is 5.97 Å². The highest BCUT2D eigenvalue weighted by Crippen LogP contribution is 2.36. The van der Waals surface area contributed by atoms with Crippen molar-refractivity contribution in [3.05, 3.63) is 29.5 Å². The van der Waals surface area contributed by atoms with Crippen LogP contribution in [0.25, 0.3) is 22.7 Å². The Morgan fingerprint density at radius 1 is 1.14 bits per heavy atom. The largest absolute Gasteiger partial charge is 0.475 e. The molecule has 2 aliphatic carbocycles. The molecule has 2 N–H and O–H groups in total. The Balaban J connectivity index is 1.67. The van der Waals surface area contributed by atoms with E-state index in [0.29, 0.717) is 52.4 Å². The van der Waals surface area contributed by atoms with Gasteiger partial charge in [-0.25, -0.2) is 29.1 Å². The monoisotopic (exact) mass is 508 g/mol. The second-order valence-electron chi connectivity index (χ2n) is 11.4. The van der Waals surface area contributed by atoms with Gasteiger partial charge in [-0.2, -0.15) is 0 Å². The average molecular weight is 509 g/mol. The van der Waals surface area contributed by atoms with E-state index in [9.17, 15) is 14.3 Å². The zero-order valence-corrected chi connectivity index (χ0v) is 22.2. The van der Waals surface area contributed by atoms with Gasteiger partial charge < -0.3 is 15.0 Å². The summed E-state index contributed by atoms with van der Waals surface area (Å²) in [4.78, 5) is 29.9. The summed E-state index contributed by atoms with van der Waals surface area (Å²) in [7, 11) is 0. The molecular formula is C28H37FN6O2. The molecule has 0 radical (unpaired) electrons. The molecule has 0 aliphatic heterocycles. The zero-order valence-electron chi connectivity index (χ0n) is 22.2. The second-order valence-corrected chi connectivity index (χ2v) is 11.4. The van der Waals surface area contributed by atoms with Crippen molar-refractivity contribution in [1.29, 1.82) is 0 Å².